The normalized spacial score (nSPS) is 22.3. The summed E-state index contributed by atoms with van der Waals surface area (Å²) in [7, 11) is 1.68. The third-order valence-electron chi connectivity index (χ3n) is 5.76. The number of ether oxygens (including phenoxy) is 2. The molecule has 2 atom stereocenters. The van der Waals surface area contributed by atoms with E-state index in [1.54, 1.807) is 7.11 Å². The molecule has 4 nitrogen and oxygen atoms in total. The number of fused-ring (bicyclic) bond motifs is 1. The predicted molar refractivity (Wildman–Crippen MR) is 105 cm³/mol. The summed E-state index contributed by atoms with van der Waals surface area (Å²) >= 11 is 0. The van der Waals surface area contributed by atoms with Crippen molar-refractivity contribution in [3.8, 4) is 11.5 Å². The minimum absolute atomic E-state index is 0.0984. The summed E-state index contributed by atoms with van der Waals surface area (Å²) in [5.41, 5.74) is 2.33. The van der Waals surface area contributed by atoms with Gasteiger partial charge in [0, 0.05) is 6.54 Å². The first-order chi connectivity index (χ1) is 13.3. The topological polar surface area (TPSA) is 38.8 Å². The van der Waals surface area contributed by atoms with Gasteiger partial charge in [-0.15, -0.1) is 0 Å². The molecular weight excluding hydrogens is 338 g/mol. The van der Waals surface area contributed by atoms with Crippen molar-refractivity contribution in [1.82, 2.24) is 4.90 Å². The largest absolute Gasteiger partial charge is 0.497 e. The highest BCUT2D eigenvalue weighted by atomic mass is 16.5. The molecule has 2 unspecified atom stereocenters. The molecule has 2 aromatic rings. The van der Waals surface area contributed by atoms with Crippen LogP contribution < -0.4 is 9.47 Å². The maximum absolute atomic E-state index is 13.4. The van der Waals surface area contributed by atoms with Gasteiger partial charge in [-0.1, -0.05) is 43.2 Å². The van der Waals surface area contributed by atoms with E-state index in [0.29, 0.717) is 6.61 Å². The molecule has 142 valence electrons. The van der Waals surface area contributed by atoms with Crippen molar-refractivity contribution in [2.24, 2.45) is 5.92 Å². The number of para-hydroxylation sites is 1. The fourth-order valence-corrected chi connectivity index (χ4v) is 4.27. The van der Waals surface area contributed by atoms with E-state index in [0.717, 1.165) is 49.3 Å². The zero-order valence-corrected chi connectivity index (χ0v) is 15.9. The lowest BCUT2D eigenvalue weighted by molar-refractivity contribution is -0.139. The van der Waals surface area contributed by atoms with Gasteiger partial charge in [0.1, 0.15) is 18.1 Å². The molecule has 4 heteroatoms. The van der Waals surface area contributed by atoms with Crippen molar-refractivity contribution in [2.45, 2.75) is 38.1 Å². The van der Waals surface area contributed by atoms with Crippen molar-refractivity contribution < 1.29 is 14.3 Å². The first-order valence-electron chi connectivity index (χ1n) is 9.91. The Morgan fingerprint density at radius 1 is 1.07 bits per heavy atom. The standard InChI is InChI=1S/C23H27NO3/c1-26-20-12-10-17(11-13-20)21-8-3-2-6-14-24(21)23(25)19-15-18-7-4-5-9-22(18)27-16-19/h4-5,7,9-13,19,21H,2-3,6,8,14-16H2,1H3. The van der Waals surface area contributed by atoms with Gasteiger partial charge in [0.25, 0.3) is 0 Å². The van der Waals surface area contributed by atoms with E-state index < -0.39 is 0 Å². The molecule has 0 bridgehead atoms. The van der Waals surface area contributed by atoms with Crippen LogP contribution in [0.4, 0.5) is 0 Å². The highest BCUT2D eigenvalue weighted by molar-refractivity contribution is 5.80. The van der Waals surface area contributed by atoms with Crippen LogP contribution >= 0.6 is 0 Å². The average molecular weight is 365 g/mol. The van der Waals surface area contributed by atoms with E-state index in [1.807, 2.05) is 30.3 Å². The molecule has 2 aromatic carbocycles. The van der Waals surface area contributed by atoms with Gasteiger partial charge in [0.2, 0.25) is 5.91 Å². The molecule has 2 aliphatic rings. The Morgan fingerprint density at radius 2 is 1.89 bits per heavy atom. The first kappa shape index (κ1) is 17.9. The summed E-state index contributed by atoms with van der Waals surface area (Å²) in [4.78, 5) is 15.6. The Morgan fingerprint density at radius 3 is 2.70 bits per heavy atom. The Kier molecular flexibility index (Phi) is 5.33. The third-order valence-corrected chi connectivity index (χ3v) is 5.76. The molecule has 2 heterocycles. The summed E-state index contributed by atoms with van der Waals surface area (Å²) in [5.74, 6) is 1.90. The average Bonchev–Trinajstić information content (AvgIpc) is 2.99. The lowest BCUT2D eigenvalue weighted by atomic mass is 9.93. The molecule has 0 saturated carbocycles. The number of benzene rings is 2. The zero-order valence-electron chi connectivity index (χ0n) is 15.9. The summed E-state index contributed by atoms with van der Waals surface area (Å²) in [5, 5.41) is 0. The number of likely N-dealkylation sites (tertiary alicyclic amines) is 1. The van der Waals surface area contributed by atoms with Crippen molar-refractivity contribution in [3.63, 3.8) is 0 Å². The van der Waals surface area contributed by atoms with Crippen molar-refractivity contribution in [3.05, 3.63) is 59.7 Å². The fraction of sp³-hybridized carbons (Fsp3) is 0.435. The van der Waals surface area contributed by atoms with Gasteiger partial charge in [-0.05, 0) is 48.6 Å². The maximum Gasteiger partial charge on any atom is 0.229 e. The number of hydrogen-bond acceptors (Lipinski definition) is 3. The number of methoxy groups -OCH3 is 1. The van der Waals surface area contributed by atoms with Gasteiger partial charge in [-0.3, -0.25) is 4.79 Å². The molecule has 0 N–H and O–H groups in total. The third kappa shape index (κ3) is 3.80. The van der Waals surface area contributed by atoms with Crippen molar-refractivity contribution >= 4 is 5.91 Å². The number of carbonyl (C=O) groups is 1. The molecule has 1 saturated heterocycles. The molecule has 0 aromatic heterocycles. The number of nitrogens with zero attached hydrogens (tertiary/aromatic N) is 1. The molecule has 0 radical (unpaired) electrons. The second-order valence-corrected chi connectivity index (χ2v) is 7.49. The smallest absolute Gasteiger partial charge is 0.229 e. The quantitative estimate of drug-likeness (QED) is 0.810. The van der Waals surface area contributed by atoms with Crippen molar-refractivity contribution in [1.29, 1.82) is 0 Å². The zero-order chi connectivity index (χ0) is 18.6. The van der Waals surface area contributed by atoms with Crippen LogP contribution in [-0.4, -0.2) is 31.1 Å². The van der Waals surface area contributed by atoms with Gasteiger partial charge in [-0.2, -0.15) is 0 Å². The minimum Gasteiger partial charge on any atom is -0.497 e. The summed E-state index contributed by atoms with van der Waals surface area (Å²) in [6.07, 6.45) is 5.19. The van der Waals surface area contributed by atoms with E-state index in [4.69, 9.17) is 9.47 Å². The summed E-state index contributed by atoms with van der Waals surface area (Å²) in [6, 6.07) is 16.4. The van der Waals surface area contributed by atoms with Gasteiger partial charge in [0.15, 0.2) is 0 Å². The van der Waals surface area contributed by atoms with Crippen LogP contribution in [0, 0.1) is 5.92 Å². The lowest BCUT2D eigenvalue weighted by Gasteiger charge is -2.35. The Hall–Kier alpha value is -2.49. The van der Waals surface area contributed by atoms with E-state index in [1.165, 1.54) is 12.0 Å². The van der Waals surface area contributed by atoms with Gasteiger partial charge >= 0.3 is 0 Å². The van der Waals surface area contributed by atoms with Gasteiger partial charge < -0.3 is 14.4 Å². The Bertz CT molecular complexity index is 786. The van der Waals surface area contributed by atoms with E-state index in [2.05, 4.69) is 23.1 Å². The molecule has 0 aliphatic carbocycles. The molecular formula is C23H27NO3. The van der Waals surface area contributed by atoms with Crippen LogP contribution in [0.2, 0.25) is 0 Å². The van der Waals surface area contributed by atoms with Crippen LogP contribution in [0.3, 0.4) is 0 Å². The Balaban J connectivity index is 1.56. The van der Waals surface area contributed by atoms with Crippen molar-refractivity contribution in [2.75, 3.05) is 20.3 Å². The van der Waals surface area contributed by atoms with Gasteiger partial charge in [-0.25, -0.2) is 0 Å². The minimum atomic E-state index is -0.0984. The first-order valence-corrected chi connectivity index (χ1v) is 9.91. The highest BCUT2D eigenvalue weighted by Gasteiger charge is 2.34. The van der Waals surface area contributed by atoms with Crippen LogP contribution in [0.5, 0.6) is 11.5 Å². The molecule has 1 fully saturated rings. The Labute approximate surface area is 161 Å². The number of carbonyl (C=O) groups excluding carboxylic acids is 1. The molecule has 0 spiro atoms. The second-order valence-electron chi connectivity index (χ2n) is 7.49. The van der Waals surface area contributed by atoms with Crippen LogP contribution in [-0.2, 0) is 11.2 Å². The van der Waals surface area contributed by atoms with E-state index in [9.17, 15) is 4.79 Å². The molecule has 2 aliphatic heterocycles. The summed E-state index contributed by atoms with van der Waals surface area (Å²) < 4.78 is 11.2. The highest BCUT2D eigenvalue weighted by Crippen LogP contribution is 2.34. The number of rotatable bonds is 3. The van der Waals surface area contributed by atoms with Gasteiger partial charge in [0.05, 0.1) is 19.1 Å². The number of hydrogen-bond donors (Lipinski definition) is 0. The fourth-order valence-electron chi connectivity index (χ4n) is 4.27. The maximum atomic E-state index is 13.4. The number of amides is 1. The molecule has 1 amide bonds. The van der Waals surface area contributed by atoms with E-state index in [-0.39, 0.29) is 17.9 Å². The van der Waals surface area contributed by atoms with Crippen LogP contribution in [0.15, 0.2) is 48.5 Å². The summed E-state index contributed by atoms with van der Waals surface area (Å²) in [6.45, 7) is 1.30. The van der Waals surface area contributed by atoms with Crippen LogP contribution in [0.1, 0.15) is 42.9 Å². The molecule has 27 heavy (non-hydrogen) atoms. The predicted octanol–water partition coefficient (Wildman–Crippen LogP) is 4.39. The SMILES string of the molecule is COc1ccc(C2CCCCCN2C(=O)C2COc3ccccc3C2)cc1. The van der Waals surface area contributed by atoms with Crippen LogP contribution in [0.25, 0.3) is 0 Å². The monoisotopic (exact) mass is 365 g/mol. The lowest BCUT2D eigenvalue weighted by Crippen LogP contribution is -2.42. The second kappa shape index (κ2) is 8.03. The molecule has 4 rings (SSSR count). The van der Waals surface area contributed by atoms with E-state index >= 15 is 0 Å².